The van der Waals surface area contributed by atoms with Gasteiger partial charge in [-0.05, 0) is 6.92 Å². The zero-order valence-corrected chi connectivity index (χ0v) is 11.3. The summed E-state index contributed by atoms with van der Waals surface area (Å²) in [6.07, 6.45) is 3.95. The van der Waals surface area contributed by atoms with Gasteiger partial charge in [0, 0.05) is 42.3 Å². The van der Waals surface area contributed by atoms with Gasteiger partial charge in [0.05, 0.1) is 6.04 Å². The number of aryl methyl sites for hydroxylation is 1. The molecule has 0 bridgehead atoms. The minimum Gasteiger partial charge on any atom is -0.337 e. The van der Waals surface area contributed by atoms with Gasteiger partial charge >= 0.3 is 0 Å². The molecule has 1 atom stereocenters. The van der Waals surface area contributed by atoms with Crippen molar-refractivity contribution in [3.63, 3.8) is 0 Å². The van der Waals surface area contributed by atoms with E-state index in [-0.39, 0.29) is 0 Å². The van der Waals surface area contributed by atoms with E-state index in [0.717, 1.165) is 24.4 Å². The average Bonchev–Trinajstić information content (AvgIpc) is 2.76. The van der Waals surface area contributed by atoms with E-state index in [0.29, 0.717) is 6.04 Å². The van der Waals surface area contributed by atoms with Crippen molar-refractivity contribution in [2.45, 2.75) is 19.5 Å². The molecule has 1 saturated heterocycles. The SMILES string of the molecule is CCn1ccnc1N1CCSCC1CBr. The van der Waals surface area contributed by atoms with Crippen molar-refractivity contribution in [3.05, 3.63) is 12.4 Å². The second-order valence-electron chi connectivity index (χ2n) is 3.59. The van der Waals surface area contributed by atoms with Crippen LogP contribution in [-0.4, -0.2) is 39.0 Å². The van der Waals surface area contributed by atoms with Gasteiger partial charge in [0.1, 0.15) is 0 Å². The van der Waals surface area contributed by atoms with E-state index >= 15 is 0 Å². The minimum absolute atomic E-state index is 0.580. The largest absolute Gasteiger partial charge is 0.337 e. The summed E-state index contributed by atoms with van der Waals surface area (Å²) in [7, 11) is 0. The molecule has 2 heterocycles. The van der Waals surface area contributed by atoms with Gasteiger partial charge in [-0.15, -0.1) is 0 Å². The Hall–Kier alpha value is -0.160. The molecule has 0 spiro atoms. The molecule has 3 nitrogen and oxygen atoms in total. The quantitative estimate of drug-likeness (QED) is 0.797. The van der Waals surface area contributed by atoms with Crippen molar-refractivity contribution in [3.8, 4) is 0 Å². The Morgan fingerprint density at radius 1 is 1.67 bits per heavy atom. The van der Waals surface area contributed by atoms with Crippen molar-refractivity contribution in [1.29, 1.82) is 0 Å². The molecule has 1 fully saturated rings. The first-order valence-corrected chi connectivity index (χ1v) is 7.56. The number of nitrogens with zero attached hydrogens (tertiary/aromatic N) is 3. The molecule has 0 radical (unpaired) electrons. The Morgan fingerprint density at radius 2 is 2.53 bits per heavy atom. The number of hydrogen-bond donors (Lipinski definition) is 0. The van der Waals surface area contributed by atoms with E-state index in [1.54, 1.807) is 0 Å². The Kier molecular flexibility index (Phi) is 3.97. The molecule has 1 aliphatic rings. The first kappa shape index (κ1) is 11.3. The summed E-state index contributed by atoms with van der Waals surface area (Å²) in [5.74, 6) is 3.53. The van der Waals surface area contributed by atoms with E-state index in [1.807, 2.05) is 18.0 Å². The second-order valence-corrected chi connectivity index (χ2v) is 5.39. The fourth-order valence-corrected chi connectivity index (χ4v) is 3.80. The smallest absolute Gasteiger partial charge is 0.205 e. The van der Waals surface area contributed by atoms with Gasteiger partial charge in [-0.2, -0.15) is 11.8 Å². The molecule has 84 valence electrons. The molecule has 5 heteroatoms. The number of alkyl halides is 1. The Labute approximate surface area is 103 Å². The summed E-state index contributed by atoms with van der Waals surface area (Å²) in [4.78, 5) is 6.89. The normalized spacial score (nSPS) is 22.0. The average molecular weight is 290 g/mol. The van der Waals surface area contributed by atoms with Crippen molar-refractivity contribution in [2.75, 3.05) is 28.3 Å². The molecular weight excluding hydrogens is 274 g/mol. The number of hydrogen-bond acceptors (Lipinski definition) is 3. The summed E-state index contributed by atoms with van der Waals surface area (Å²) in [5, 5.41) is 1.02. The number of anilines is 1. The number of imidazole rings is 1. The molecular formula is C10H16BrN3S. The molecule has 1 aliphatic heterocycles. The molecule has 0 saturated carbocycles. The maximum absolute atomic E-state index is 4.47. The highest BCUT2D eigenvalue weighted by Crippen LogP contribution is 2.23. The number of halogens is 1. The number of thioether (sulfide) groups is 1. The van der Waals surface area contributed by atoms with E-state index in [4.69, 9.17) is 0 Å². The predicted molar refractivity (Wildman–Crippen MR) is 70.2 cm³/mol. The summed E-state index contributed by atoms with van der Waals surface area (Å²) in [6.45, 7) is 4.26. The first-order chi connectivity index (χ1) is 7.36. The lowest BCUT2D eigenvalue weighted by molar-refractivity contribution is 0.647. The van der Waals surface area contributed by atoms with Gasteiger partial charge in [0.2, 0.25) is 5.95 Å². The van der Waals surface area contributed by atoms with E-state index in [1.165, 1.54) is 11.5 Å². The molecule has 0 aliphatic carbocycles. The molecule has 0 amide bonds. The molecule has 15 heavy (non-hydrogen) atoms. The summed E-state index contributed by atoms with van der Waals surface area (Å²) in [6, 6.07) is 0.580. The van der Waals surface area contributed by atoms with Crippen LogP contribution in [0.5, 0.6) is 0 Å². The topological polar surface area (TPSA) is 21.1 Å². The zero-order chi connectivity index (χ0) is 10.7. The van der Waals surface area contributed by atoms with Crippen LogP contribution in [0.3, 0.4) is 0 Å². The van der Waals surface area contributed by atoms with E-state index in [9.17, 15) is 0 Å². The highest BCUT2D eigenvalue weighted by molar-refractivity contribution is 9.09. The monoisotopic (exact) mass is 289 g/mol. The number of aromatic nitrogens is 2. The highest BCUT2D eigenvalue weighted by atomic mass is 79.9. The molecule has 0 aromatic carbocycles. The maximum atomic E-state index is 4.47. The van der Waals surface area contributed by atoms with Gasteiger partial charge < -0.3 is 9.47 Å². The Morgan fingerprint density at radius 3 is 3.27 bits per heavy atom. The molecule has 1 aromatic rings. The van der Waals surface area contributed by atoms with Crippen molar-refractivity contribution < 1.29 is 0 Å². The van der Waals surface area contributed by atoms with Gasteiger partial charge in [-0.25, -0.2) is 4.98 Å². The zero-order valence-electron chi connectivity index (χ0n) is 8.90. The summed E-state index contributed by atoms with van der Waals surface area (Å²) in [5.41, 5.74) is 0. The lowest BCUT2D eigenvalue weighted by Gasteiger charge is -2.35. The van der Waals surface area contributed by atoms with Gasteiger partial charge in [-0.3, -0.25) is 0 Å². The first-order valence-electron chi connectivity index (χ1n) is 5.28. The third kappa shape index (κ3) is 2.33. The minimum atomic E-state index is 0.580. The van der Waals surface area contributed by atoms with Crippen LogP contribution < -0.4 is 4.90 Å². The van der Waals surface area contributed by atoms with Crippen molar-refractivity contribution >= 4 is 33.6 Å². The second kappa shape index (κ2) is 5.25. The van der Waals surface area contributed by atoms with Gasteiger partial charge in [-0.1, -0.05) is 15.9 Å². The van der Waals surface area contributed by atoms with Crippen LogP contribution in [-0.2, 0) is 6.54 Å². The van der Waals surface area contributed by atoms with Crippen LogP contribution in [0.2, 0.25) is 0 Å². The lowest BCUT2D eigenvalue weighted by Crippen LogP contribution is -2.44. The van der Waals surface area contributed by atoms with Crippen LogP contribution in [0.15, 0.2) is 12.4 Å². The van der Waals surface area contributed by atoms with Crippen LogP contribution in [0.1, 0.15) is 6.92 Å². The molecule has 0 N–H and O–H groups in total. The fraction of sp³-hybridized carbons (Fsp3) is 0.700. The van der Waals surface area contributed by atoms with Gasteiger partial charge in [0.25, 0.3) is 0 Å². The van der Waals surface area contributed by atoms with E-state index in [2.05, 4.69) is 43.5 Å². The Bertz CT molecular complexity index is 315. The number of rotatable bonds is 3. The fourth-order valence-electron chi connectivity index (χ4n) is 1.85. The third-order valence-electron chi connectivity index (χ3n) is 2.70. The highest BCUT2D eigenvalue weighted by Gasteiger charge is 2.24. The lowest BCUT2D eigenvalue weighted by atomic mass is 10.3. The van der Waals surface area contributed by atoms with Crippen LogP contribution in [0, 0.1) is 0 Å². The predicted octanol–water partition coefficient (Wildman–Crippen LogP) is 2.22. The third-order valence-corrected chi connectivity index (χ3v) is 4.54. The van der Waals surface area contributed by atoms with Gasteiger partial charge in [0.15, 0.2) is 0 Å². The Balaban J connectivity index is 2.20. The summed E-state index contributed by atoms with van der Waals surface area (Å²) < 4.78 is 2.21. The van der Waals surface area contributed by atoms with Crippen LogP contribution in [0.25, 0.3) is 0 Å². The summed E-state index contributed by atoms with van der Waals surface area (Å²) >= 11 is 5.62. The standard InChI is InChI=1S/C10H16BrN3S/c1-2-13-4-3-12-10(13)14-5-6-15-8-9(14)7-11/h3-4,9H,2,5-8H2,1H3. The van der Waals surface area contributed by atoms with Crippen LogP contribution >= 0.6 is 27.7 Å². The van der Waals surface area contributed by atoms with Crippen molar-refractivity contribution in [2.24, 2.45) is 0 Å². The maximum Gasteiger partial charge on any atom is 0.205 e. The molecule has 1 aromatic heterocycles. The van der Waals surface area contributed by atoms with E-state index < -0.39 is 0 Å². The van der Waals surface area contributed by atoms with Crippen molar-refractivity contribution in [1.82, 2.24) is 9.55 Å². The molecule has 2 rings (SSSR count). The van der Waals surface area contributed by atoms with Crippen LogP contribution in [0.4, 0.5) is 5.95 Å². The molecule has 1 unspecified atom stereocenters.